The summed E-state index contributed by atoms with van der Waals surface area (Å²) in [6.07, 6.45) is 0. The molecule has 2 aromatic heterocycles. The van der Waals surface area contributed by atoms with Gasteiger partial charge in [-0.15, -0.1) is 21.5 Å². The van der Waals surface area contributed by atoms with Crippen molar-refractivity contribution >= 4 is 34.7 Å². The van der Waals surface area contributed by atoms with Crippen LogP contribution in [-0.2, 0) is 4.79 Å². The minimum absolute atomic E-state index is 0.108. The number of anilines is 1. The van der Waals surface area contributed by atoms with Crippen LogP contribution in [0.4, 0.5) is 5.69 Å². The Morgan fingerprint density at radius 1 is 1.21 bits per heavy atom. The lowest BCUT2D eigenvalue weighted by atomic mass is 10.2. The van der Waals surface area contributed by atoms with Gasteiger partial charge in [-0.05, 0) is 11.4 Å². The predicted molar refractivity (Wildman–Crippen MR) is 109 cm³/mol. The number of thioether (sulfide) groups is 1. The number of hydrogen-bond acceptors (Lipinski definition) is 9. The maximum absolute atomic E-state index is 12.3. The van der Waals surface area contributed by atoms with Crippen molar-refractivity contribution in [3.8, 4) is 28.0 Å². The van der Waals surface area contributed by atoms with Crippen LogP contribution in [0, 0.1) is 0 Å². The highest BCUT2D eigenvalue weighted by molar-refractivity contribution is 7.99. The summed E-state index contributed by atoms with van der Waals surface area (Å²) in [5.74, 6) is 7.82. The molecule has 3 rings (SSSR count). The number of nitrogens with zero attached hydrogens (tertiary/aromatic N) is 3. The first-order valence-corrected chi connectivity index (χ1v) is 9.91. The number of nitrogen functional groups attached to an aromatic ring is 1. The summed E-state index contributed by atoms with van der Waals surface area (Å²) >= 11 is 2.70. The fraction of sp³-hybridized carbons (Fsp3) is 0.235. The molecule has 0 atom stereocenters. The number of methoxy groups -OCH3 is 3. The van der Waals surface area contributed by atoms with Gasteiger partial charge in [-0.1, -0.05) is 17.8 Å². The summed E-state index contributed by atoms with van der Waals surface area (Å²) in [7, 11) is 4.54. The maximum Gasteiger partial charge on any atom is 0.234 e. The number of ether oxygens (including phenoxy) is 3. The van der Waals surface area contributed by atoms with Crippen LogP contribution in [0.1, 0.15) is 0 Å². The zero-order valence-corrected chi connectivity index (χ0v) is 17.1. The quantitative estimate of drug-likeness (QED) is 0.421. The molecule has 0 saturated carbocycles. The molecule has 3 N–H and O–H groups in total. The second-order valence-corrected chi connectivity index (χ2v) is 7.29. The van der Waals surface area contributed by atoms with Gasteiger partial charge in [-0.3, -0.25) is 4.79 Å². The molecule has 0 aliphatic heterocycles. The normalized spacial score (nSPS) is 10.5. The summed E-state index contributed by atoms with van der Waals surface area (Å²) in [6.45, 7) is 0. The smallest absolute Gasteiger partial charge is 0.234 e. The average molecular weight is 422 g/mol. The fourth-order valence-corrected chi connectivity index (χ4v) is 3.79. The van der Waals surface area contributed by atoms with Gasteiger partial charge in [-0.2, -0.15) is 0 Å². The average Bonchev–Trinajstić information content (AvgIpc) is 3.35. The van der Waals surface area contributed by atoms with E-state index in [-0.39, 0.29) is 11.7 Å². The molecule has 9 nitrogen and oxygen atoms in total. The second-order valence-electron chi connectivity index (χ2n) is 5.40. The third-order valence-electron chi connectivity index (χ3n) is 3.69. The lowest BCUT2D eigenvalue weighted by Crippen LogP contribution is -2.16. The van der Waals surface area contributed by atoms with E-state index in [0.29, 0.717) is 33.9 Å². The Morgan fingerprint density at radius 2 is 1.93 bits per heavy atom. The minimum atomic E-state index is -0.236. The van der Waals surface area contributed by atoms with Gasteiger partial charge in [0.2, 0.25) is 16.8 Å². The molecule has 1 aromatic carbocycles. The number of carbonyl (C=O) groups excluding carboxylic acids is 1. The largest absolute Gasteiger partial charge is 0.493 e. The van der Waals surface area contributed by atoms with Crippen molar-refractivity contribution in [2.75, 3.05) is 38.2 Å². The van der Waals surface area contributed by atoms with Crippen molar-refractivity contribution in [3.05, 3.63) is 29.6 Å². The Balaban J connectivity index is 1.67. The molecule has 2 heterocycles. The van der Waals surface area contributed by atoms with Crippen molar-refractivity contribution < 1.29 is 19.0 Å². The number of nitrogens with two attached hydrogens (primary N) is 1. The third-order valence-corrected chi connectivity index (χ3v) is 5.50. The van der Waals surface area contributed by atoms with Crippen LogP contribution in [-0.4, -0.2) is 47.9 Å². The molecule has 0 fully saturated rings. The first-order chi connectivity index (χ1) is 13.6. The van der Waals surface area contributed by atoms with Gasteiger partial charge in [0, 0.05) is 17.8 Å². The van der Waals surface area contributed by atoms with E-state index >= 15 is 0 Å². The molecule has 0 radical (unpaired) electrons. The van der Waals surface area contributed by atoms with Crippen LogP contribution in [0.25, 0.3) is 10.7 Å². The van der Waals surface area contributed by atoms with Crippen molar-refractivity contribution in [2.45, 2.75) is 5.16 Å². The molecular formula is C17H19N5O4S2. The third kappa shape index (κ3) is 4.15. The summed E-state index contributed by atoms with van der Waals surface area (Å²) in [4.78, 5) is 13.3. The second kappa shape index (κ2) is 8.85. The molecule has 1 amide bonds. The number of aromatic nitrogens is 3. The molecule has 0 saturated heterocycles. The van der Waals surface area contributed by atoms with Gasteiger partial charge in [-0.25, -0.2) is 4.68 Å². The highest BCUT2D eigenvalue weighted by Crippen LogP contribution is 2.40. The molecule has 0 spiro atoms. The minimum Gasteiger partial charge on any atom is -0.493 e. The van der Waals surface area contributed by atoms with Gasteiger partial charge < -0.3 is 25.4 Å². The Kier molecular flexibility index (Phi) is 6.26. The van der Waals surface area contributed by atoms with Crippen LogP contribution in [0.2, 0.25) is 0 Å². The van der Waals surface area contributed by atoms with E-state index in [1.54, 1.807) is 12.1 Å². The number of nitrogens with one attached hydrogen (secondary N) is 1. The Labute approximate surface area is 169 Å². The van der Waals surface area contributed by atoms with Gasteiger partial charge >= 0.3 is 0 Å². The number of rotatable bonds is 8. The lowest BCUT2D eigenvalue weighted by Gasteiger charge is -2.14. The van der Waals surface area contributed by atoms with Crippen LogP contribution < -0.4 is 25.4 Å². The zero-order chi connectivity index (χ0) is 20.1. The first-order valence-electron chi connectivity index (χ1n) is 8.04. The molecule has 0 aliphatic carbocycles. The maximum atomic E-state index is 12.3. The highest BCUT2D eigenvalue weighted by atomic mass is 32.2. The van der Waals surface area contributed by atoms with Crippen molar-refractivity contribution in [1.29, 1.82) is 0 Å². The molecule has 0 bridgehead atoms. The summed E-state index contributed by atoms with van der Waals surface area (Å²) in [5.41, 5.74) is 0.522. The van der Waals surface area contributed by atoms with E-state index in [4.69, 9.17) is 20.1 Å². The number of carbonyl (C=O) groups is 1. The molecular weight excluding hydrogens is 402 g/mol. The summed E-state index contributed by atoms with van der Waals surface area (Å²) < 4.78 is 17.2. The van der Waals surface area contributed by atoms with E-state index in [1.165, 1.54) is 49.1 Å². The van der Waals surface area contributed by atoms with E-state index in [0.717, 1.165) is 4.88 Å². The Bertz CT molecular complexity index is 934. The number of hydrogen-bond donors (Lipinski definition) is 2. The fourth-order valence-electron chi connectivity index (χ4n) is 2.43. The monoisotopic (exact) mass is 421 g/mol. The molecule has 148 valence electrons. The SMILES string of the molecule is COc1cc(NC(=O)CSc2nnc(-c3cccs3)n2N)cc(OC)c1OC. The predicted octanol–water partition coefficient (Wildman–Crippen LogP) is 2.48. The summed E-state index contributed by atoms with van der Waals surface area (Å²) in [5, 5.41) is 13.3. The highest BCUT2D eigenvalue weighted by Gasteiger charge is 2.17. The number of benzene rings is 1. The van der Waals surface area contributed by atoms with Crippen molar-refractivity contribution in [2.24, 2.45) is 0 Å². The van der Waals surface area contributed by atoms with Gasteiger partial charge in [0.25, 0.3) is 0 Å². The van der Waals surface area contributed by atoms with Crippen molar-refractivity contribution in [3.63, 3.8) is 0 Å². The molecule has 0 aliphatic rings. The molecule has 11 heteroatoms. The molecule has 0 unspecified atom stereocenters. The van der Waals surface area contributed by atoms with Crippen molar-refractivity contribution in [1.82, 2.24) is 14.9 Å². The molecule has 28 heavy (non-hydrogen) atoms. The Hall–Kier alpha value is -2.92. The van der Waals surface area contributed by atoms with E-state index in [1.807, 2.05) is 17.5 Å². The van der Waals surface area contributed by atoms with E-state index in [9.17, 15) is 4.79 Å². The first kappa shape index (κ1) is 19.8. The van der Waals surface area contributed by atoms with E-state index in [2.05, 4.69) is 15.5 Å². The Morgan fingerprint density at radius 3 is 2.50 bits per heavy atom. The standard InChI is InChI=1S/C17H19N5O4S2/c1-24-11-7-10(8-12(25-2)15(11)26-3)19-14(23)9-28-17-21-20-16(22(17)18)13-5-4-6-27-13/h4-8H,9,18H2,1-3H3,(H,19,23). The summed E-state index contributed by atoms with van der Waals surface area (Å²) in [6, 6.07) is 7.13. The number of amides is 1. The topological polar surface area (TPSA) is 114 Å². The van der Waals surface area contributed by atoms with Crippen LogP contribution in [0.15, 0.2) is 34.8 Å². The van der Waals surface area contributed by atoms with Crippen LogP contribution in [0.3, 0.4) is 0 Å². The molecule has 3 aromatic rings. The van der Waals surface area contributed by atoms with Crippen LogP contribution >= 0.6 is 23.1 Å². The lowest BCUT2D eigenvalue weighted by molar-refractivity contribution is -0.113. The van der Waals surface area contributed by atoms with Crippen LogP contribution in [0.5, 0.6) is 17.2 Å². The van der Waals surface area contributed by atoms with E-state index < -0.39 is 0 Å². The zero-order valence-electron chi connectivity index (χ0n) is 15.5. The number of thiophene rings is 1. The van der Waals surface area contributed by atoms with Gasteiger partial charge in [0.15, 0.2) is 17.3 Å². The van der Waals surface area contributed by atoms with Gasteiger partial charge in [0.05, 0.1) is 32.0 Å². The van der Waals surface area contributed by atoms with Gasteiger partial charge in [0.1, 0.15) is 0 Å².